The lowest BCUT2D eigenvalue weighted by Crippen LogP contribution is -2.27. The van der Waals surface area contributed by atoms with E-state index in [0.717, 1.165) is 17.1 Å². The number of aromatic amines is 1. The van der Waals surface area contributed by atoms with Crippen molar-refractivity contribution < 1.29 is 13.9 Å². The summed E-state index contributed by atoms with van der Waals surface area (Å²) in [6, 6.07) is 10.9. The molecule has 2 N–H and O–H groups in total. The standard InChI is InChI=1S/C17H18N4O3S/c1-11(14-4-3-9-24-14)18-15(22)10-25-17-19-16(20-21-17)12-5-7-13(23-2)8-6-12/h3-9,11H,10H2,1-2H3,(H,18,22)(H,19,20,21)/t11-/m1/s1. The third kappa shape index (κ3) is 4.42. The number of hydrogen-bond acceptors (Lipinski definition) is 6. The molecule has 8 heteroatoms. The molecule has 0 unspecified atom stereocenters. The normalized spacial score (nSPS) is 11.9. The van der Waals surface area contributed by atoms with Crippen molar-refractivity contribution in [3.63, 3.8) is 0 Å². The number of carbonyl (C=O) groups is 1. The quantitative estimate of drug-likeness (QED) is 0.631. The van der Waals surface area contributed by atoms with Gasteiger partial charge in [0.15, 0.2) is 5.82 Å². The minimum absolute atomic E-state index is 0.107. The van der Waals surface area contributed by atoms with Gasteiger partial charge in [-0.1, -0.05) is 11.8 Å². The van der Waals surface area contributed by atoms with E-state index >= 15 is 0 Å². The largest absolute Gasteiger partial charge is 0.497 e. The highest BCUT2D eigenvalue weighted by Crippen LogP contribution is 2.21. The molecule has 0 radical (unpaired) electrons. The highest BCUT2D eigenvalue weighted by atomic mass is 32.2. The van der Waals surface area contributed by atoms with E-state index in [1.54, 1.807) is 19.4 Å². The lowest BCUT2D eigenvalue weighted by atomic mass is 10.2. The second-order valence-corrected chi connectivity index (χ2v) is 6.23. The van der Waals surface area contributed by atoms with Gasteiger partial charge < -0.3 is 14.5 Å². The Kier molecular flexibility index (Phi) is 5.39. The van der Waals surface area contributed by atoms with Crippen LogP contribution in [0.25, 0.3) is 11.4 Å². The van der Waals surface area contributed by atoms with E-state index in [0.29, 0.717) is 11.0 Å². The first-order valence-corrected chi connectivity index (χ1v) is 8.66. The third-order valence-electron chi connectivity index (χ3n) is 3.51. The Hall–Kier alpha value is -2.74. The summed E-state index contributed by atoms with van der Waals surface area (Å²) < 4.78 is 10.4. The van der Waals surface area contributed by atoms with Crippen molar-refractivity contribution in [3.05, 3.63) is 48.4 Å². The molecule has 3 aromatic rings. The van der Waals surface area contributed by atoms with Crippen molar-refractivity contribution in [2.75, 3.05) is 12.9 Å². The number of ether oxygens (including phenoxy) is 1. The zero-order valence-corrected chi connectivity index (χ0v) is 14.7. The van der Waals surface area contributed by atoms with Gasteiger partial charge in [0.2, 0.25) is 11.1 Å². The number of carbonyl (C=O) groups excluding carboxylic acids is 1. The number of amides is 1. The van der Waals surface area contributed by atoms with Gasteiger partial charge in [-0.05, 0) is 43.3 Å². The van der Waals surface area contributed by atoms with Crippen LogP contribution in [-0.2, 0) is 4.79 Å². The molecule has 0 spiro atoms. The van der Waals surface area contributed by atoms with Gasteiger partial charge in [-0.3, -0.25) is 9.89 Å². The molecule has 1 amide bonds. The zero-order valence-electron chi connectivity index (χ0n) is 13.9. The van der Waals surface area contributed by atoms with Crippen LogP contribution in [0, 0.1) is 0 Å². The van der Waals surface area contributed by atoms with Crippen LogP contribution in [0.2, 0.25) is 0 Å². The first-order valence-electron chi connectivity index (χ1n) is 7.68. The molecular formula is C17H18N4O3S. The summed E-state index contributed by atoms with van der Waals surface area (Å²) in [6.07, 6.45) is 1.58. The average molecular weight is 358 g/mol. The van der Waals surface area contributed by atoms with E-state index in [4.69, 9.17) is 9.15 Å². The Morgan fingerprint density at radius 3 is 2.84 bits per heavy atom. The maximum Gasteiger partial charge on any atom is 0.231 e. The molecule has 3 rings (SSSR count). The molecule has 130 valence electrons. The molecule has 2 aromatic heterocycles. The Labute approximate surface area is 149 Å². The summed E-state index contributed by atoms with van der Waals surface area (Å²) >= 11 is 1.27. The number of nitrogens with zero attached hydrogens (tertiary/aromatic N) is 2. The number of methoxy groups -OCH3 is 1. The molecule has 0 aliphatic heterocycles. The second-order valence-electron chi connectivity index (χ2n) is 5.29. The summed E-state index contributed by atoms with van der Waals surface area (Å²) in [4.78, 5) is 16.4. The smallest absolute Gasteiger partial charge is 0.231 e. The summed E-state index contributed by atoms with van der Waals surface area (Å²) in [6.45, 7) is 1.87. The van der Waals surface area contributed by atoms with Crippen molar-refractivity contribution in [1.29, 1.82) is 0 Å². The van der Waals surface area contributed by atoms with Gasteiger partial charge in [-0.2, -0.15) is 0 Å². The van der Waals surface area contributed by atoms with Crippen LogP contribution in [0.5, 0.6) is 5.75 Å². The minimum Gasteiger partial charge on any atom is -0.497 e. The fourth-order valence-electron chi connectivity index (χ4n) is 2.21. The molecule has 7 nitrogen and oxygen atoms in total. The Bertz CT molecular complexity index is 815. The number of nitrogens with one attached hydrogen (secondary N) is 2. The van der Waals surface area contributed by atoms with Crippen LogP contribution in [0.4, 0.5) is 0 Å². The first kappa shape index (κ1) is 17.1. The SMILES string of the molecule is COc1ccc(-c2nc(SCC(=O)N[C@H](C)c3ccco3)n[nH]2)cc1. The topological polar surface area (TPSA) is 93.0 Å². The van der Waals surface area contributed by atoms with E-state index in [1.165, 1.54) is 11.8 Å². The summed E-state index contributed by atoms with van der Waals surface area (Å²) in [5, 5.41) is 10.4. The highest BCUT2D eigenvalue weighted by molar-refractivity contribution is 7.99. The summed E-state index contributed by atoms with van der Waals surface area (Å²) in [5.74, 6) is 2.27. The van der Waals surface area contributed by atoms with Crippen molar-refractivity contribution in [1.82, 2.24) is 20.5 Å². The lowest BCUT2D eigenvalue weighted by molar-refractivity contribution is -0.119. The molecular weight excluding hydrogens is 340 g/mol. The fraction of sp³-hybridized carbons (Fsp3) is 0.235. The molecule has 1 aromatic carbocycles. The van der Waals surface area contributed by atoms with Crippen LogP contribution in [0.3, 0.4) is 0 Å². The molecule has 25 heavy (non-hydrogen) atoms. The lowest BCUT2D eigenvalue weighted by Gasteiger charge is -2.10. The van der Waals surface area contributed by atoms with Gasteiger partial charge in [0.1, 0.15) is 11.5 Å². The molecule has 0 saturated heterocycles. The molecule has 0 fully saturated rings. The highest BCUT2D eigenvalue weighted by Gasteiger charge is 2.13. The monoisotopic (exact) mass is 358 g/mol. The van der Waals surface area contributed by atoms with E-state index in [1.807, 2.05) is 37.3 Å². The number of aromatic nitrogens is 3. The zero-order chi connectivity index (χ0) is 17.6. The predicted octanol–water partition coefficient (Wildman–Crippen LogP) is 3.04. The molecule has 1 atom stereocenters. The first-order chi connectivity index (χ1) is 12.2. The number of furan rings is 1. The van der Waals surface area contributed by atoms with E-state index in [-0.39, 0.29) is 17.7 Å². The van der Waals surface area contributed by atoms with Crippen molar-refractivity contribution in [3.8, 4) is 17.1 Å². The molecule has 0 bridgehead atoms. The number of thioether (sulfide) groups is 1. The molecule has 0 aliphatic rings. The van der Waals surface area contributed by atoms with E-state index in [9.17, 15) is 4.79 Å². The summed E-state index contributed by atoms with van der Waals surface area (Å²) in [7, 11) is 1.62. The number of hydrogen-bond donors (Lipinski definition) is 2. The van der Waals surface area contributed by atoms with Gasteiger partial charge >= 0.3 is 0 Å². The number of rotatable bonds is 7. The molecule has 0 aliphatic carbocycles. The Balaban J connectivity index is 1.53. The van der Waals surface area contributed by atoms with Crippen LogP contribution in [0.1, 0.15) is 18.7 Å². The Morgan fingerprint density at radius 1 is 1.36 bits per heavy atom. The van der Waals surface area contributed by atoms with Crippen LogP contribution < -0.4 is 10.1 Å². The summed E-state index contributed by atoms with van der Waals surface area (Å²) in [5.41, 5.74) is 0.899. The maximum absolute atomic E-state index is 12.0. The fourth-order valence-corrected chi connectivity index (χ4v) is 2.82. The number of benzene rings is 1. The Morgan fingerprint density at radius 2 is 2.16 bits per heavy atom. The van der Waals surface area contributed by atoms with Crippen molar-refractivity contribution in [2.45, 2.75) is 18.1 Å². The molecule has 2 heterocycles. The average Bonchev–Trinajstić information content (AvgIpc) is 3.32. The van der Waals surface area contributed by atoms with E-state index < -0.39 is 0 Å². The van der Waals surface area contributed by atoms with Crippen LogP contribution in [0.15, 0.2) is 52.2 Å². The van der Waals surface area contributed by atoms with Crippen LogP contribution in [-0.4, -0.2) is 34.0 Å². The van der Waals surface area contributed by atoms with Gasteiger partial charge in [0.05, 0.1) is 25.2 Å². The predicted molar refractivity (Wildman–Crippen MR) is 94.4 cm³/mol. The minimum atomic E-state index is -0.176. The van der Waals surface area contributed by atoms with Gasteiger partial charge in [-0.25, -0.2) is 4.98 Å². The van der Waals surface area contributed by atoms with Gasteiger partial charge in [0.25, 0.3) is 0 Å². The number of H-pyrrole nitrogens is 1. The second kappa shape index (κ2) is 7.89. The van der Waals surface area contributed by atoms with Gasteiger partial charge in [-0.15, -0.1) is 5.10 Å². The third-order valence-corrected chi connectivity index (χ3v) is 4.36. The molecule has 0 saturated carbocycles. The van der Waals surface area contributed by atoms with Crippen LogP contribution >= 0.6 is 11.8 Å². The van der Waals surface area contributed by atoms with Gasteiger partial charge in [0, 0.05) is 5.56 Å². The van der Waals surface area contributed by atoms with Crippen molar-refractivity contribution in [2.24, 2.45) is 0 Å². The van der Waals surface area contributed by atoms with Crippen molar-refractivity contribution >= 4 is 17.7 Å². The maximum atomic E-state index is 12.0. The van der Waals surface area contributed by atoms with E-state index in [2.05, 4.69) is 20.5 Å².